The average molecular weight is 401 g/mol. The molecule has 3 N–H and O–H groups in total. The molecule has 27 heavy (non-hydrogen) atoms. The van der Waals surface area contributed by atoms with Gasteiger partial charge in [0.25, 0.3) is 0 Å². The van der Waals surface area contributed by atoms with E-state index >= 15 is 0 Å². The van der Waals surface area contributed by atoms with Crippen LogP contribution in [0.1, 0.15) is 33.9 Å². The molecule has 2 aromatic carbocycles. The maximum atomic E-state index is 12.6. The number of hydrogen-bond donors (Lipinski definition) is 3. The first kappa shape index (κ1) is 19.3. The molecule has 3 rings (SSSR count). The molecule has 0 aliphatic carbocycles. The SMILES string of the molecule is Cc1cc(Cl)cc(C(NC(=O)NSc2c(C)cccc2C)c2cn[nH]c2)c1. The summed E-state index contributed by atoms with van der Waals surface area (Å²) in [5.41, 5.74) is 5.02. The number of halogens is 1. The molecular weight excluding hydrogens is 380 g/mol. The molecule has 7 heteroatoms. The number of aryl methyl sites for hydroxylation is 3. The number of aromatic nitrogens is 2. The van der Waals surface area contributed by atoms with Crippen LogP contribution in [0.4, 0.5) is 4.79 Å². The molecule has 0 radical (unpaired) electrons. The van der Waals surface area contributed by atoms with Gasteiger partial charge in [0.1, 0.15) is 0 Å². The molecule has 140 valence electrons. The first-order valence-electron chi connectivity index (χ1n) is 8.49. The maximum absolute atomic E-state index is 12.6. The van der Waals surface area contributed by atoms with Crippen molar-refractivity contribution in [3.63, 3.8) is 0 Å². The van der Waals surface area contributed by atoms with Crippen LogP contribution in [0.5, 0.6) is 0 Å². The summed E-state index contributed by atoms with van der Waals surface area (Å²) in [6.45, 7) is 6.02. The summed E-state index contributed by atoms with van der Waals surface area (Å²) in [4.78, 5) is 13.6. The average Bonchev–Trinajstić information content (AvgIpc) is 3.12. The Morgan fingerprint density at radius 2 is 1.89 bits per heavy atom. The minimum absolute atomic E-state index is 0.286. The van der Waals surface area contributed by atoms with Crippen LogP contribution in [0.15, 0.2) is 53.7 Å². The fourth-order valence-electron chi connectivity index (χ4n) is 2.93. The van der Waals surface area contributed by atoms with Crippen LogP contribution in [-0.2, 0) is 0 Å². The normalized spacial score (nSPS) is 11.9. The first-order valence-corrected chi connectivity index (χ1v) is 9.69. The zero-order chi connectivity index (χ0) is 19.4. The maximum Gasteiger partial charge on any atom is 0.325 e. The van der Waals surface area contributed by atoms with Gasteiger partial charge < -0.3 is 5.32 Å². The largest absolute Gasteiger partial charge is 0.326 e. The van der Waals surface area contributed by atoms with Crippen LogP contribution in [0.25, 0.3) is 0 Å². The second-order valence-corrected chi connectivity index (χ2v) is 7.68. The van der Waals surface area contributed by atoms with Gasteiger partial charge in [0, 0.05) is 21.7 Å². The molecule has 0 saturated heterocycles. The van der Waals surface area contributed by atoms with Gasteiger partial charge in [-0.05, 0) is 67.1 Å². The Morgan fingerprint density at radius 1 is 1.15 bits per heavy atom. The Labute approximate surface area is 168 Å². The Hall–Kier alpha value is -2.44. The first-order chi connectivity index (χ1) is 12.9. The zero-order valence-corrected chi connectivity index (χ0v) is 16.9. The number of amides is 2. The number of H-pyrrole nitrogens is 1. The van der Waals surface area contributed by atoms with Crippen molar-refractivity contribution in [2.75, 3.05) is 0 Å². The summed E-state index contributed by atoms with van der Waals surface area (Å²) in [5.74, 6) is 0. The van der Waals surface area contributed by atoms with Gasteiger partial charge in [-0.25, -0.2) is 4.79 Å². The lowest BCUT2D eigenvalue weighted by Crippen LogP contribution is -2.35. The van der Waals surface area contributed by atoms with Gasteiger partial charge in [0.05, 0.1) is 12.2 Å². The number of benzene rings is 2. The lowest BCUT2D eigenvalue weighted by molar-refractivity contribution is 0.244. The fourth-order valence-corrected chi connectivity index (χ4v) is 3.94. The van der Waals surface area contributed by atoms with E-state index in [1.165, 1.54) is 11.9 Å². The summed E-state index contributed by atoms with van der Waals surface area (Å²) in [7, 11) is 0. The molecule has 1 heterocycles. The lowest BCUT2D eigenvalue weighted by Gasteiger charge is -2.19. The number of carbonyl (C=O) groups is 1. The van der Waals surface area contributed by atoms with E-state index in [1.54, 1.807) is 12.4 Å². The molecule has 1 unspecified atom stereocenters. The lowest BCUT2D eigenvalue weighted by atomic mass is 10.00. The van der Waals surface area contributed by atoms with Gasteiger partial charge in [-0.15, -0.1) is 0 Å². The molecule has 3 aromatic rings. The molecule has 1 atom stereocenters. The van der Waals surface area contributed by atoms with Crippen molar-refractivity contribution < 1.29 is 4.79 Å². The fraction of sp³-hybridized carbons (Fsp3) is 0.200. The zero-order valence-electron chi connectivity index (χ0n) is 15.3. The molecule has 0 saturated carbocycles. The Bertz CT molecular complexity index is 903. The molecule has 2 amide bonds. The quantitative estimate of drug-likeness (QED) is 0.523. The van der Waals surface area contributed by atoms with Gasteiger partial charge in [-0.3, -0.25) is 9.82 Å². The Morgan fingerprint density at radius 3 is 2.52 bits per heavy atom. The highest BCUT2D eigenvalue weighted by Crippen LogP contribution is 2.27. The summed E-state index contributed by atoms with van der Waals surface area (Å²) in [6, 6.07) is 11.1. The third kappa shape index (κ3) is 4.84. The second kappa shape index (κ2) is 8.50. The standard InChI is InChI=1S/C20H21ClN4OS/c1-12-7-15(9-17(21)8-12)18(16-10-22-23-11-16)24-20(26)25-27-19-13(2)5-4-6-14(19)3/h4-11,18H,1-3H3,(H,22,23)(H2,24,25,26). The van der Waals surface area contributed by atoms with E-state index < -0.39 is 0 Å². The molecule has 5 nitrogen and oxygen atoms in total. The molecule has 0 aliphatic heterocycles. The predicted octanol–water partition coefficient (Wildman–Crippen LogP) is 5.08. The van der Waals surface area contributed by atoms with Gasteiger partial charge in [-0.1, -0.05) is 35.9 Å². The van der Waals surface area contributed by atoms with E-state index in [4.69, 9.17) is 11.6 Å². The van der Waals surface area contributed by atoms with Crippen LogP contribution in [0.2, 0.25) is 5.02 Å². The van der Waals surface area contributed by atoms with Crippen molar-refractivity contribution in [1.29, 1.82) is 0 Å². The van der Waals surface area contributed by atoms with E-state index in [-0.39, 0.29) is 12.1 Å². The highest BCUT2D eigenvalue weighted by Gasteiger charge is 2.19. The van der Waals surface area contributed by atoms with E-state index in [2.05, 4.69) is 20.2 Å². The molecular formula is C20H21ClN4OS. The van der Waals surface area contributed by atoms with Crippen LogP contribution < -0.4 is 10.0 Å². The molecule has 0 bridgehead atoms. The van der Waals surface area contributed by atoms with Gasteiger partial charge in [0.15, 0.2) is 0 Å². The van der Waals surface area contributed by atoms with Crippen LogP contribution in [0, 0.1) is 20.8 Å². The summed E-state index contributed by atoms with van der Waals surface area (Å²) >= 11 is 7.52. The number of aromatic amines is 1. The third-order valence-corrected chi connectivity index (χ3v) is 5.53. The number of nitrogens with zero attached hydrogens (tertiary/aromatic N) is 1. The van der Waals surface area contributed by atoms with E-state index in [1.807, 2.05) is 57.2 Å². The minimum Gasteiger partial charge on any atom is -0.326 e. The van der Waals surface area contributed by atoms with Crippen molar-refractivity contribution in [2.24, 2.45) is 0 Å². The van der Waals surface area contributed by atoms with Crippen LogP contribution >= 0.6 is 23.5 Å². The number of nitrogens with one attached hydrogen (secondary N) is 3. The highest BCUT2D eigenvalue weighted by molar-refractivity contribution is 7.98. The van der Waals surface area contributed by atoms with E-state index in [0.29, 0.717) is 5.02 Å². The van der Waals surface area contributed by atoms with Crippen molar-refractivity contribution >= 4 is 29.6 Å². The Balaban J connectivity index is 1.77. The molecule has 0 aliphatic rings. The smallest absolute Gasteiger partial charge is 0.325 e. The number of hydrogen-bond acceptors (Lipinski definition) is 3. The number of rotatable bonds is 5. The van der Waals surface area contributed by atoms with E-state index in [0.717, 1.165) is 32.7 Å². The monoisotopic (exact) mass is 400 g/mol. The summed E-state index contributed by atoms with van der Waals surface area (Å²) < 4.78 is 2.88. The van der Waals surface area contributed by atoms with Crippen molar-refractivity contribution in [3.8, 4) is 0 Å². The second-order valence-electron chi connectivity index (χ2n) is 6.43. The van der Waals surface area contributed by atoms with Gasteiger partial charge in [0.2, 0.25) is 0 Å². The summed E-state index contributed by atoms with van der Waals surface area (Å²) in [6.07, 6.45) is 3.46. The van der Waals surface area contributed by atoms with Crippen molar-refractivity contribution in [1.82, 2.24) is 20.2 Å². The summed E-state index contributed by atoms with van der Waals surface area (Å²) in [5, 5.41) is 10.4. The highest BCUT2D eigenvalue weighted by atomic mass is 35.5. The number of carbonyl (C=O) groups excluding carboxylic acids is 1. The molecule has 0 fully saturated rings. The predicted molar refractivity (Wildman–Crippen MR) is 110 cm³/mol. The topological polar surface area (TPSA) is 69.8 Å². The molecule has 1 aromatic heterocycles. The van der Waals surface area contributed by atoms with Crippen LogP contribution in [-0.4, -0.2) is 16.2 Å². The number of urea groups is 1. The molecule has 0 spiro atoms. The minimum atomic E-state index is -0.361. The Kier molecular flexibility index (Phi) is 6.08. The third-order valence-electron chi connectivity index (χ3n) is 4.18. The van der Waals surface area contributed by atoms with Crippen LogP contribution in [0.3, 0.4) is 0 Å². The van der Waals surface area contributed by atoms with Gasteiger partial charge >= 0.3 is 6.03 Å². The van der Waals surface area contributed by atoms with Crippen molar-refractivity contribution in [2.45, 2.75) is 31.7 Å². The van der Waals surface area contributed by atoms with E-state index in [9.17, 15) is 4.79 Å². The van der Waals surface area contributed by atoms with Crippen molar-refractivity contribution in [3.05, 3.63) is 81.6 Å². The van der Waals surface area contributed by atoms with Gasteiger partial charge in [-0.2, -0.15) is 5.10 Å².